The number of carbonyl (C=O) groups is 2. The van der Waals surface area contributed by atoms with Crippen LogP contribution in [0.3, 0.4) is 0 Å². The van der Waals surface area contributed by atoms with Gasteiger partial charge in [-0.2, -0.15) is 0 Å². The molecule has 2 aromatic rings. The van der Waals surface area contributed by atoms with E-state index in [0.29, 0.717) is 10.2 Å². The van der Waals surface area contributed by atoms with Crippen LogP contribution in [-0.2, 0) is 9.59 Å². The summed E-state index contributed by atoms with van der Waals surface area (Å²) in [4.78, 5) is 27.4. The molecular weight excluding hydrogens is 342 g/mol. The molecule has 0 spiro atoms. The second-order valence-electron chi connectivity index (χ2n) is 4.39. The summed E-state index contributed by atoms with van der Waals surface area (Å²) in [5.41, 5.74) is 1.62. The highest BCUT2D eigenvalue weighted by molar-refractivity contribution is 8.00. The summed E-state index contributed by atoms with van der Waals surface area (Å²) < 4.78 is 0. The molecule has 1 aromatic carbocycles. The highest BCUT2D eigenvalue weighted by Crippen LogP contribution is 2.19. The predicted molar refractivity (Wildman–Crippen MR) is 92.9 cm³/mol. The Bertz CT molecular complexity index is 662. The number of hydrogen-bond donors (Lipinski definition) is 2. The first-order valence-corrected chi connectivity index (χ1v) is 8.79. The molecule has 0 saturated carbocycles. The maximum absolute atomic E-state index is 11.8. The lowest BCUT2D eigenvalue weighted by molar-refractivity contribution is -0.114. The van der Waals surface area contributed by atoms with Crippen LogP contribution in [0.25, 0.3) is 0 Å². The molecule has 2 N–H and O–H groups in total. The molecular formula is C14H14ClN3O2S2. The number of anilines is 2. The van der Waals surface area contributed by atoms with Gasteiger partial charge < -0.3 is 10.6 Å². The monoisotopic (exact) mass is 355 g/mol. The van der Waals surface area contributed by atoms with Crippen LogP contribution in [0.15, 0.2) is 29.8 Å². The summed E-state index contributed by atoms with van der Waals surface area (Å²) >= 11 is 8.46. The molecule has 0 saturated heterocycles. The van der Waals surface area contributed by atoms with Gasteiger partial charge in [-0.05, 0) is 30.7 Å². The topological polar surface area (TPSA) is 71.1 Å². The predicted octanol–water partition coefficient (Wildman–Crippen LogP) is 3.42. The van der Waals surface area contributed by atoms with Gasteiger partial charge in [-0.1, -0.05) is 11.6 Å². The van der Waals surface area contributed by atoms with E-state index in [1.165, 1.54) is 23.1 Å². The lowest BCUT2D eigenvalue weighted by atomic mass is 10.2. The largest absolute Gasteiger partial charge is 0.325 e. The van der Waals surface area contributed by atoms with Crippen molar-refractivity contribution in [2.75, 3.05) is 22.1 Å². The Morgan fingerprint density at radius 3 is 2.64 bits per heavy atom. The Morgan fingerprint density at radius 1 is 1.27 bits per heavy atom. The minimum atomic E-state index is -0.171. The van der Waals surface area contributed by atoms with Gasteiger partial charge >= 0.3 is 0 Å². The molecule has 0 fully saturated rings. The summed E-state index contributed by atoms with van der Waals surface area (Å²) in [6.07, 6.45) is 1.62. The molecule has 0 bridgehead atoms. The van der Waals surface area contributed by atoms with E-state index in [1.54, 1.807) is 29.8 Å². The molecule has 1 heterocycles. The third-order valence-electron chi connectivity index (χ3n) is 2.61. The molecule has 0 atom stereocenters. The molecule has 1 aromatic heterocycles. The molecule has 22 heavy (non-hydrogen) atoms. The van der Waals surface area contributed by atoms with Crippen molar-refractivity contribution < 1.29 is 9.59 Å². The molecule has 116 valence electrons. The van der Waals surface area contributed by atoms with Crippen LogP contribution in [0.1, 0.15) is 5.56 Å². The van der Waals surface area contributed by atoms with Crippen molar-refractivity contribution in [3.63, 3.8) is 0 Å². The van der Waals surface area contributed by atoms with E-state index in [-0.39, 0.29) is 23.3 Å². The maximum atomic E-state index is 11.8. The third kappa shape index (κ3) is 5.32. The lowest BCUT2D eigenvalue weighted by Gasteiger charge is -2.08. The van der Waals surface area contributed by atoms with Crippen LogP contribution in [-0.4, -0.2) is 28.3 Å². The Morgan fingerprint density at radius 2 is 2.00 bits per heavy atom. The summed E-state index contributed by atoms with van der Waals surface area (Å²) in [6.45, 7) is 1.87. The molecule has 2 rings (SSSR count). The van der Waals surface area contributed by atoms with Gasteiger partial charge in [-0.25, -0.2) is 4.98 Å². The van der Waals surface area contributed by atoms with Gasteiger partial charge in [0.15, 0.2) is 5.13 Å². The highest BCUT2D eigenvalue weighted by atomic mass is 35.5. The number of amides is 2. The van der Waals surface area contributed by atoms with Gasteiger partial charge in [0.25, 0.3) is 0 Å². The minimum absolute atomic E-state index is 0.155. The standard InChI is InChI=1S/C14H14ClN3O2S2/c1-9-6-10(15)2-3-11(9)17-12(19)7-21-8-13(20)18-14-16-4-5-22-14/h2-6H,7-8H2,1H3,(H,17,19)(H,16,18,20). The molecule has 2 amide bonds. The summed E-state index contributed by atoms with van der Waals surface area (Å²) in [5.74, 6) is 0.0767. The zero-order chi connectivity index (χ0) is 15.9. The van der Waals surface area contributed by atoms with E-state index >= 15 is 0 Å². The zero-order valence-electron chi connectivity index (χ0n) is 11.8. The summed E-state index contributed by atoms with van der Waals surface area (Å²) in [5, 5.41) is 8.43. The number of aryl methyl sites for hydroxylation is 1. The first-order chi connectivity index (χ1) is 10.5. The summed E-state index contributed by atoms with van der Waals surface area (Å²) in [6, 6.07) is 5.26. The number of nitrogens with zero attached hydrogens (tertiary/aromatic N) is 1. The van der Waals surface area contributed by atoms with Crippen molar-refractivity contribution in [3.05, 3.63) is 40.4 Å². The van der Waals surface area contributed by atoms with Crippen LogP contribution in [0.5, 0.6) is 0 Å². The number of halogens is 1. The fourth-order valence-corrected chi connectivity index (χ4v) is 3.02. The van der Waals surface area contributed by atoms with Crippen molar-refractivity contribution in [1.82, 2.24) is 4.98 Å². The number of rotatable bonds is 6. The number of aromatic nitrogens is 1. The van der Waals surface area contributed by atoms with Crippen molar-refractivity contribution in [1.29, 1.82) is 0 Å². The van der Waals surface area contributed by atoms with Crippen molar-refractivity contribution in [2.24, 2.45) is 0 Å². The number of hydrogen-bond acceptors (Lipinski definition) is 5. The van der Waals surface area contributed by atoms with Gasteiger partial charge in [-0.15, -0.1) is 23.1 Å². The van der Waals surface area contributed by atoms with E-state index < -0.39 is 0 Å². The van der Waals surface area contributed by atoms with E-state index in [9.17, 15) is 9.59 Å². The Kier molecular flexibility index (Phi) is 6.23. The summed E-state index contributed by atoms with van der Waals surface area (Å²) in [7, 11) is 0. The van der Waals surface area contributed by atoms with Gasteiger partial charge in [0.2, 0.25) is 11.8 Å². The van der Waals surface area contributed by atoms with Gasteiger partial charge in [-0.3, -0.25) is 9.59 Å². The normalized spacial score (nSPS) is 10.3. The smallest absolute Gasteiger partial charge is 0.236 e. The first kappa shape index (κ1) is 16.8. The number of nitrogens with one attached hydrogen (secondary N) is 2. The average Bonchev–Trinajstić information content (AvgIpc) is 2.95. The Labute approximate surface area is 141 Å². The van der Waals surface area contributed by atoms with Crippen molar-refractivity contribution in [2.45, 2.75) is 6.92 Å². The molecule has 5 nitrogen and oxygen atoms in total. The second kappa shape index (κ2) is 8.17. The maximum Gasteiger partial charge on any atom is 0.236 e. The van der Waals surface area contributed by atoms with Gasteiger partial charge in [0.05, 0.1) is 11.5 Å². The zero-order valence-corrected chi connectivity index (χ0v) is 14.1. The average molecular weight is 356 g/mol. The van der Waals surface area contributed by atoms with E-state index in [0.717, 1.165) is 11.3 Å². The van der Waals surface area contributed by atoms with Crippen LogP contribution in [0.2, 0.25) is 5.02 Å². The lowest BCUT2D eigenvalue weighted by Crippen LogP contribution is -2.18. The van der Waals surface area contributed by atoms with Crippen LogP contribution in [0.4, 0.5) is 10.8 Å². The Balaban J connectivity index is 1.72. The quantitative estimate of drug-likeness (QED) is 0.832. The van der Waals surface area contributed by atoms with E-state index in [1.807, 2.05) is 6.92 Å². The fraction of sp³-hybridized carbons (Fsp3) is 0.214. The fourth-order valence-electron chi connectivity index (χ4n) is 1.63. The van der Waals surface area contributed by atoms with Crippen LogP contribution >= 0.6 is 34.7 Å². The molecule has 0 aliphatic carbocycles. The minimum Gasteiger partial charge on any atom is -0.325 e. The first-order valence-electron chi connectivity index (χ1n) is 6.37. The van der Waals surface area contributed by atoms with E-state index in [2.05, 4.69) is 15.6 Å². The van der Waals surface area contributed by atoms with Crippen molar-refractivity contribution >= 4 is 57.3 Å². The van der Waals surface area contributed by atoms with Crippen LogP contribution in [0, 0.1) is 6.92 Å². The SMILES string of the molecule is Cc1cc(Cl)ccc1NC(=O)CSCC(=O)Nc1nccs1. The van der Waals surface area contributed by atoms with E-state index in [4.69, 9.17) is 11.6 Å². The number of benzene rings is 1. The number of thioether (sulfide) groups is 1. The highest BCUT2D eigenvalue weighted by Gasteiger charge is 2.08. The molecule has 0 radical (unpaired) electrons. The van der Waals surface area contributed by atoms with Gasteiger partial charge in [0.1, 0.15) is 0 Å². The van der Waals surface area contributed by atoms with Crippen LogP contribution < -0.4 is 10.6 Å². The molecule has 0 aliphatic rings. The van der Waals surface area contributed by atoms with Gasteiger partial charge in [0, 0.05) is 22.3 Å². The second-order valence-corrected chi connectivity index (χ2v) is 6.70. The van der Waals surface area contributed by atoms with Crippen molar-refractivity contribution in [3.8, 4) is 0 Å². The number of thiazole rings is 1. The molecule has 0 unspecified atom stereocenters. The molecule has 0 aliphatic heterocycles. The molecule has 8 heteroatoms. The Hall–Kier alpha value is -1.57. The number of carbonyl (C=O) groups excluding carboxylic acids is 2. The third-order valence-corrected chi connectivity index (χ3v) is 4.46.